The van der Waals surface area contributed by atoms with Crippen molar-refractivity contribution in [3.8, 4) is 11.1 Å². The summed E-state index contributed by atoms with van der Waals surface area (Å²) in [6.45, 7) is 3.30. The van der Waals surface area contributed by atoms with Gasteiger partial charge in [-0.15, -0.1) is 5.76 Å². The average Bonchev–Trinajstić information content (AvgIpc) is 2.38. The lowest BCUT2D eigenvalue weighted by molar-refractivity contribution is -0.248. The van der Waals surface area contributed by atoms with Crippen molar-refractivity contribution in [3.05, 3.63) is 58.5 Å². The molecule has 0 fully saturated rings. The minimum atomic E-state index is -0.636. The lowest BCUT2D eigenvalue weighted by Crippen LogP contribution is -2.29. The number of benzene rings is 2. The summed E-state index contributed by atoms with van der Waals surface area (Å²) in [5, 5.41) is 12.9. The quantitative estimate of drug-likeness (QED) is 0.767. The molecule has 3 heteroatoms. The Hall–Kier alpha value is -2.16. The molecular weight excluding hydrogens is 246 g/mol. The Kier molecular flexibility index (Phi) is 3.65. The molecule has 0 saturated heterocycles. The second kappa shape index (κ2) is 5.22. The molecule has 98 valence electrons. The molecule has 0 bridgehead atoms. The summed E-state index contributed by atoms with van der Waals surface area (Å²) in [4.78, 5) is 0. The first-order valence-electron chi connectivity index (χ1n) is 5.92. The van der Waals surface area contributed by atoms with Gasteiger partial charge in [0.05, 0.1) is 0 Å². The van der Waals surface area contributed by atoms with Crippen molar-refractivity contribution in [1.82, 2.24) is 0 Å². The predicted molar refractivity (Wildman–Crippen MR) is 70.3 cm³/mol. The van der Waals surface area contributed by atoms with E-state index in [0.717, 1.165) is 11.3 Å². The molecule has 0 heterocycles. The van der Waals surface area contributed by atoms with Crippen molar-refractivity contribution in [1.29, 1.82) is 0 Å². The first kappa shape index (κ1) is 13.3. The van der Waals surface area contributed by atoms with Gasteiger partial charge in [-0.05, 0) is 41.1 Å². The van der Waals surface area contributed by atoms with E-state index in [4.69, 9.17) is 0 Å². The van der Waals surface area contributed by atoms with E-state index in [1.54, 1.807) is 18.2 Å². The first-order chi connectivity index (χ1) is 9.02. The molecule has 0 aliphatic rings. The molecule has 0 aromatic heterocycles. The van der Waals surface area contributed by atoms with E-state index in [0.29, 0.717) is 10.8 Å². The van der Waals surface area contributed by atoms with Crippen LogP contribution in [0.3, 0.4) is 0 Å². The summed E-state index contributed by atoms with van der Waals surface area (Å²) in [6.07, 6.45) is 1.82. The second-order valence-corrected chi connectivity index (χ2v) is 4.27. The maximum atomic E-state index is 13.7. The van der Waals surface area contributed by atoms with Crippen LogP contribution in [0.25, 0.3) is 23.0 Å². The summed E-state index contributed by atoms with van der Waals surface area (Å²) < 4.78 is 26.6. The maximum Gasteiger partial charge on any atom is 0.133 e. The highest BCUT2D eigenvalue weighted by Crippen LogP contribution is 2.21. The van der Waals surface area contributed by atoms with Crippen LogP contribution in [0.4, 0.5) is 8.78 Å². The van der Waals surface area contributed by atoms with Gasteiger partial charge in [0.1, 0.15) is 11.6 Å². The van der Waals surface area contributed by atoms with Gasteiger partial charge in [-0.1, -0.05) is 25.1 Å². The van der Waals surface area contributed by atoms with Crippen LogP contribution in [-0.4, -0.2) is 0 Å². The summed E-state index contributed by atoms with van der Waals surface area (Å²) in [5.74, 6) is -1.34. The van der Waals surface area contributed by atoms with Gasteiger partial charge in [-0.2, -0.15) is 0 Å². The van der Waals surface area contributed by atoms with Gasteiger partial charge in [0.25, 0.3) is 0 Å². The van der Waals surface area contributed by atoms with E-state index < -0.39 is 11.6 Å². The van der Waals surface area contributed by atoms with E-state index in [-0.39, 0.29) is 11.3 Å². The van der Waals surface area contributed by atoms with Crippen molar-refractivity contribution >= 4 is 11.8 Å². The van der Waals surface area contributed by atoms with Crippen LogP contribution in [0, 0.1) is 11.6 Å². The lowest BCUT2D eigenvalue weighted by Gasteiger charge is -2.08. The molecule has 0 aliphatic carbocycles. The zero-order chi connectivity index (χ0) is 14.0. The molecule has 2 aromatic carbocycles. The molecule has 19 heavy (non-hydrogen) atoms. The van der Waals surface area contributed by atoms with Crippen LogP contribution in [-0.2, 0) is 0 Å². The SMILES string of the molecule is CC=c1ccc(-c2ccc(F)cc2F)cc1=C(C)[O-]. The van der Waals surface area contributed by atoms with E-state index in [9.17, 15) is 13.9 Å². The second-order valence-electron chi connectivity index (χ2n) is 4.27. The fourth-order valence-electron chi connectivity index (χ4n) is 2.00. The number of hydrogen-bond acceptors (Lipinski definition) is 1. The molecule has 2 rings (SSSR count). The van der Waals surface area contributed by atoms with Crippen molar-refractivity contribution in [2.75, 3.05) is 0 Å². The van der Waals surface area contributed by atoms with Crippen molar-refractivity contribution < 1.29 is 13.9 Å². The summed E-state index contributed by atoms with van der Waals surface area (Å²) in [6, 6.07) is 8.52. The van der Waals surface area contributed by atoms with Gasteiger partial charge >= 0.3 is 0 Å². The molecule has 0 spiro atoms. The molecule has 0 N–H and O–H groups in total. The maximum absolute atomic E-state index is 13.7. The molecule has 0 amide bonds. The number of hydrogen-bond donors (Lipinski definition) is 0. The van der Waals surface area contributed by atoms with E-state index in [1.165, 1.54) is 19.1 Å². The Labute approximate surface area is 110 Å². The van der Waals surface area contributed by atoms with Crippen molar-refractivity contribution in [3.63, 3.8) is 0 Å². The minimum Gasteiger partial charge on any atom is -0.875 e. The minimum absolute atomic E-state index is 0.0857. The van der Waals surface area contributed by atoms with Gasteiger partial charge in [-0.25, -0.2) is 8.78 Å². The molecule has 1 nitrogen and oxygen atoms in total. The normalized spacial score (nSPS) is 13.6. The summed E-state index contributed by atoms with van der Waals surface area (Å²) >= 11 is 0. The highest BCUT2D eigenvalue weighted by molar-refractivity contribution is 5.64. The predicted octanol–water partition coefficient (Wildman–Crippen LogP) is 1.92. The third-order valence-corrected chi connectivity index (χ3v) is 2.99. The van der Waals surface area contributed by atoms with Crippen LogP contribution in [0.1, 0.15) is 13.8 Å². The molecule has 0 radical (unpaired) electrons. The molecular formula is C16H13F2O-. The largest absolute Gasteiger partial charge is 0.875 e. The smallest absolute Gasteiger partial charge is 0.133 e. The monoisotopic (exact) mass is 259 g/mol. The van der Waals surface area contributed by atoms with Crippen LogP contribution < -0.4 is 15.5 Å². The van der Waals surface area contributed by atoms with Gasteiger partial charge < -0.3 is 5.11 Å². The Balaban J connectivity index is 2.72. The molecule has 0 aliphatic heterocycles. The van der Waals surface area contributed by atoms with Crippen LogP contribution in [0.15, 0.2) is 36.4 Å². The number of rotatable bonds is 1. The molecule has 2 aromatic rings. The van der Waals surface area contributed by atoms with E-state index in [2.05, 4.69) is 0 Å². The van der Waals surface area contributed by atoms with Gasteiger partial charge in [0.15, 0.2) is 0 Å². The van der Waals surface area contributed by atoms with Gasteiger partial charge in [-0.3, -0.25) is 0 Å². The highest BCUT2D eigenvalue weighted by atomic mass is 19.1. The molecule has 0 unspecified atom stereocenters. The van der Waals surface area contributed by atoms with E-state index >= 15 is 0 Å². The van der Waals surface area contributed by atoms with Crippen LogP contribution in [0.5, 0.6) is 0 Å². The third-order valence-electron chi connectivity index (χ3n) is 2.99. The molecule has 0 atom stereocenters. The highest BCUT2D eigenvalue weighted by Gasteiger charge is 2.06. The van der Waals surface area contributed by atoms with Crippen molar-refractivity contribution in [2.24, 2.45) is 0 Å². The summed E-state index contributed by atoms with van der Waals surface area (Å²) in [5.41, 5.74) is 0.847. The van der Waals surface area contributed by atoms with Gasteiger partial charge in [0.2, 0.25) is 0 Å². The standard InChI is InChI=1S/C16H14F2O/c1-3-11-4-5-12(8-15(11)10(2)19)14-7-6-13(17)9-16(14)18/h3-9,19H,1-2H3/p-1. The zero-order valence-electron chi connectivity index (χ0n) is 10.7. The Bertz CT molecular complexity index is 729. The fourth-order valence-corrected chi connectivity index (χ4v) is 2.00. The summed E-state index contributed by atoms with van der Waals surface area (Å²) in [7, 11) is 0. The average molecular weight is 259 g/mol. The first-order valence-corrected chi connectivity index (χ1v) is 5.92. The van der Waals surface area contributed by atoms with Crippen LogP contribution in [0.2, 0.25) is 0 Å². The lowest BCUT2D eigenvalue weighted by atomic mass is 10.0. The number of halogens is 2. The Morgan fingerprint density at radius 1 is 1.11 bits per heavy atom. The van der Waals surface area contributed by atoms with Gasteiger partial charge in [0, 0.05) is 11.6 Å². The van der Waals surface area contributed by atoms with Crippen LogP contribution >= 0.6 is 0 Å². The Morgan fingerprint density at radius 3 is 2.42 bits per heavy atom. The molecule has 0 saturated carbocycles. The van der Waals surface area contributed by atoms with E-state index in [1.807, 2.05) is 13.0 Å². The zero-order valence-corrected chi connectivity index (χ0v) is 10.7. The third kappa shape index (κ3) is 2.65. The topological polar surface area (TPSA) is 23.1 Å². The Morgan fingerprint density at radius 2 is 1.84 bits per heavy atom. The van der Waals surface area contributed by atoms with Crippen molar-refractivity contribution in [2.45, 2.75) is 13.8 Å². The fraction of sp³-hybridized carbons (Fsp3) is 0.125.